The van der Waals surface area contributed by atoms with Crippen molar-refractivity contribution in [1.82, 2.24) is 15.3 Å². The molecule has 1 aliphatic heterocycles. The van der Waals surface area contributed by atoms with E-state index in [0.717, 1.165) is 0 Å². The second-order valence-corrected chi connectivity index (χ2v) is 12.4. The molecule has 0 aliphatic carbocycles. The Hall–Kier alpha value is -3.32. The molecule has 4 rings (SSSR count). The number of aromatic nitrogens is 2. The van der Waals surface area contributed by atoms with Gasteiger partial charge in [0, 0.05) is 40.9 Å². The van der Waals surface area contributed by atoms with Crippen LogP contribution in [0.25, 0.3) is 22.0 Å². The minimum absolute atomic E-state index is 0.0305. The highest BCUT2D eigenvalue weighted by atomic mass is 35.5. The summed E-state index contributed by atoms with van der Waals surface area (Å²) in [4.78, 5) is 21.2. The molecule has 1 amide bonds. The van der Waals surface area contributed by atoms with Crippen molar-refractivity contribution in [2.75, 3.05) is 56.1 Å². The quantitative estimate of drug-likeness (QED) is 0.254. The van der Waals surface area contributed by atoms with Gasteiger partial charge in [0.2, 0.25) is 5.91 Å². The number of hydrogen-bond acceptors (Lipinski definition) is 10. The number of carbonyl (C=O) groups excluding carboxylic acids is 1. The van der Waals surface area contributed by atoms with Crippen molar-refractivity contribution in [1.29, 1.82) is 0 Å². The largest absolute Gasteiger partial charge is 0.495 e. The van der Waals surface area contributed by atoms with Crippen LogP contribution in [-0.4, -0.2) is 81.9 Å². The van der Waals surface area contributed by atoms with Crippen LogP contribution in [0.5, 0.6) is 11.5 Å². The SMILES string of the molecule is C=CC(=O)N[C@H]1COC[C@H]1Nc1cc2c(NCCS(=O)(=O)CC)nc(-c3c(Cl)c(OC)cc(OC)c3Cl)cc2cn1. The Morgan fingerprint density at radius 1 is 1.15 bits per heavy atom. The minimum atomic E-state index is -3.22. The van der Waals surface area contributed by atoms with Crippen molar-refractivity contribution >= 4 is 61.4 Å². The topological polar surface area (TPSA) is 141 Å². The van der Waals surface area contributed by atoms with Crippen LogP contribution in [0.4, 0.5) is 11.6 Å². The van der Waals surface area contributed by atoms with E-state index in [2.05, 4.69) is 27.5 Å². The fraction of sp³-hybridized carbons (Fsp3) is 0.370. The molecular weight excluding hydrogens is 593 g/mol. The predicted octanol–water partition coefficient (Wildman–Crippen LogP) is 3.95. The summed E-state index contributed by atoms with van der Waals surface area (Å²) in [7, 11) is -0.263. The maximum atomic E-state index is 12.2. The predicted molar refractivity (Wildman–Crippen MR) is 161 cm³/mol. The van der Waals surface area contributed by atoms with Crippen LogP contribution in [-0.2, 0) is 19.4 Å². The molecule has 0 spiro atoms. The van der Waals surface area contributed by atoms with E-state index >= 15 is 0 Å². The van der Waals surface area contributed by atoms with Crippen molar-refractivity contribution < 1.29 is 27.4 Å². The Bertz CT molecular complexity index is 1540. The molecule has 2 atom stereocenters. The number of pyridine rings is 2. The Balaban J connectivity index is 1.77. The lowest BCUT2D eigenvalue weighted by Gasteiger charge is -2.21. The number of fused-ring (bicyclic) bond motifs is 1. The van der Waals surface area contributed by atoms with Crippen molar-refractivity contribution in [3.05, 3.63) is 47.1 Å². The maximum Gasteiger partial charge on any atom is 0.243 e. The highest BCUT2D eigenvalue weighted by Crippen LogP contribution is 2.46. The van der Waals surface area contributed by atoms with E-state index in [0.29, 0.717) is 58.4 Å². The van der Waals surface area contributed by atoms with Gasteiger partial charge in [-0.15, -0.1) is 0 Å². The molecule has 3 aromatic rings. The second kappa shape index (κ2) is 13.1. The number of nitrogens with zero attached hydrogens (tertiary/aromatic N) is 2. The number of hydrogen-bond donors (Lipinski definition) is 3. The van der Waals surface area contributed by atoms with Gasteiger partial charge in [0.15, 0.2) is 9.84 Å². The van der Waals surface area contributed by atoms with Gasteiger partial charge < -0.3 is 30.2 Å². The summed E-state index contributed by atoms with van der Waals surface area (Å²) in [5, 5.41) is 11.2. The van der Waals surface area contributed by atoms with E-state index in [1.165, 1.54) is 20.3 Å². The minimum Gasteiger partial charge on any atom is -0.495 e. The van der Waals surface area contributed by atoms with Crippen LogP contribution in [0, 0.1) is 0 Å². The first-order valence-electron chi connectivity index (χ1n) is 12.7. The molecule has 220 valence electrons. The van der Waals surface area contributed by atoms with Gasteiger partial charge in [-0.25, -0.2) is 18.4 Å². The fourth-order valence-electron chi connectivity index (χ4n) is 4.34. The number of anilines is 2. The number of benzene rings is 1. The monoisotopic (exact) mass is 623 g/mol. The number of amides is 1. The van der Waals surface area contributed by atoms with Gasteiger partial charge in [-0.2, -0.15) is 0 Å². The third kappa shape index (κ3) is 6.95. The molecule has 11 nitrogen and oxygen atoms in total. The first-order chi connectivity index (χ1) is 19.6. The van der Waals surface area contributed by atoms with E-state index in [1.54, 1.807) is 31.3 Å². The van der Waals surface area contributed by atoms with Crippen molar-refractivity contribution in [3.8, 4) is 22.8 Å². The highest BCUT2D eigenvalue weighted by molar-refractivity contribution is 7.91. The number of sulfone groups is 1. The number of nitrogens with one attached hydrogen (secondary N) is 3. The van der Waals surface area contributed by atoms with Crippen molar-refractivity contribution in [2.45, 2.75) is 19.0 Å². The summed E-state index contributed by atoms with van der Waals surface area (Å²) in [6.45, 7) is 5.94. The Labute approximate surface area is 248 Å². The Morgan fingerprint density at radius 3 is 2.46 bits per heavy atom. The third-order valence-electron chi connectivity index (χ3n) is 6.62. The molecule has 41 heavy (non-hydrogen) atoms. The maximum absolute atomic E-state index is 12.2. The molecular formula is C27H31Cl2N5O6S. The lowest BCUT2D eigenvalue weighted by Crippen LogP contribution is -2.45. The average Bonchev–Trinajstić information content (AvgIpc) is 3.39. The van der Waals surface area contributed by atoms with Gasteiger partial charge in [-0.05, 0) is 18.2 Å². The summed E-state index contributed by atoms with van der Waals surface area (Å²) >= 11 is 13.3. The van der Waals surface area contributed by atoms with Crippen LogP contribution in [0.3, 0.4) is 0 Å². The smallest absolute Gasteiger partial charge is 0.243 e. The summed E-state index contributed by atoms with van der Waals surface area (Å²) in [5.74, 6) is 1.28. The van der Waals surface area contributed by atoms with E-state index in [9.17, 15) is 13.2 Å². The summed E-state index contributed by atoms with van der Waals surface area (Å²) in [6.07, 6.45) is 2.86. The van der Waals surface area contributed by atoms with E-state index in [-0.39, 0.29) is 46.1 Å². The number of methoxy groups -OCH3 is 2. The lowest BCUT2D eigenvalue weighted by atomic mass is 10.1. The van der Waals surface area contributed by atoms with E-state index in [1.807, 2.05) is 0 Å². The molecule has 1 fully saturated rings. The molecule has 0 radical (unpaired) electrons. The Kier molecular flexibility index (Phi) is 9.80. The van der Waals surface area contributed by atoms with Crippen LogP contribution in [0.15, 0.2) is 37.1 Å². The normalized spacial score (nSPS) is 16.8. The van der Waals surface area contributed by atoms with Gasteiger partial charge >= 0.3 is 0 Å². The van der Waals surface area contributed by atoms with Crippen LogP contribution < -0.4 is 25.4 Å². The number of halogens is 2. The first-order valence-corrected chi connectivity index (χ1v) is 15.3. The van der Waals surface area contributed by atoms with Gasteiger partial charge in [-0.3, -0.25) is 4.79 Å². The van der Waals surface area contributed by atoms with Gasteiger partial charge in [0.1, 0.15) is 23.1 Å². The second-order valence-electron chi connectivity index (χ2n) is 9.20. The third-order valence-corrected chi connectivity index (χ3v) is 9.07. The molecule has 0 saturated carbocycles. The number of ether oxygens (including phenoxy) is 3. The standard InChI is InChI=1S/C27H31Cl2N5O6S/c1-5-23(35)33-19-14-40-13-18(19)32-22-10-16-15(12-31-22)9-17(34-27(16)30-7-8-41(36,37)6-2)24-25(28)20(38-3)11-21(39-4)26(24)29/h5,9-12,18-19H,1,6-8,13-14H2,2-4H3,(H,30,34)(H,31,32)(H,33,35)/t18-,19+/m1/s1. The highest BCUT2D eigenvalue weighted by Gasteiger charge is 2.29. The zero-order chi connectivity index (χ0) is 29.7. The van der Waals surface area contributed by atoms with E-state index in [4.69, 9.17) is 42.4 Å². The number of carbonyl (C=O) groups is 1. The zero-order valence-electron chi connectivity index (χ0n) is 22.8. The molecule has 1 saturated heterocycles. The lowest BCUT2D eigenvalue weighted by molar-refractivity contribution is -0.117. The molecule has 0 bridgehead atoms. The molecule has 1 aromatic carbocycles. The average molecular weight is 625 g/mol. The van der Waals surface area contributed by atoms with E-state index < -0.39 is 9.84 Å². The summed E-state index contributed by atoms with van der Waals surface area (Å²) in [5.41, 5.74) is 0.797. The summed E-state index contributed by atoms with van der Waals surface area (Å²) in [6, 6.07) is 4.65. The molecule has 14 heteroatoms. The molecule has 2 aromatic heterocycles. The van der Waals surface area contributed by atoms with Crippen molar-refractivity contribution in [2.24, 2.45) is 0 Å². The van der Waals surface area contributed by atoms with Crippen molar-refractivity contribution in [3.63, 3.8) is 0 Å². The molecule has 3 N–H and O–H groups in total. The number of rotatable bonds is 12. The summed E-state index contributed by atoms with van der Waals surface area (Å²) < 4.78 is 40.7. The molecule has 1 aliphatic rings. The first kappa shape index (κ1) is 30.6. The Morgan fingerprint density at radius 2 is 1.83 bits per heavy atom. The van der Waals surface area contributed by atoms with Crippen LogP contribution in [0.2, 0.25) is 10.0 Å². The molecule has 0 unspecified atom stereocenters. The molecule has 3 heterocycles. The van der Waals surface area contributed by atoms with Gasteiger partial charge in [0.25, 0.3) is 0 Å². The van der Waals surface area contributed by atoms with Crippen LogP contribution >= 0.6 is 23.2 Å². The van der Waals surface area contributed by atoms with Gasteiger partial charge in [0.05, 0.1) is 61.0 Å². The zero-order valence-corrected chi connectivity index (χ0v) is 25.1. The van der Waals surface area contributed by atoms with Gasteiger partial charge in [-0.1, -0.05) is 36.7 Å². The fourth-order valence-corrected chi connectivity index (χ4v) is 5.73. The van der Waals surface area contributed by atoms with Crippen LogP contribution in [0.1, 0.15) is 6.92 Å².